The van der Waals surface area contributed by atoms with E-state index >= 15 is 0 Å². The van der Waals surface area contributed by atoms with Crippen molar-refractivity contribution in [3.63, 3.8) is 0 Å². The lowest BCUT2D eigenvalue weighted by molar-refractivity contribution is 0.111. The number of rotatable bonds is 7. The summed E-state index contributed by atoms with van der Waals surface area (Å²) in [6.45, 7) is 9.14. The summed E-state index contributed by atoms with van der Waals surface area (Å²) in [5.41, 5.74) is 4.41. The number of nitrogens with zero attached hydrogens (tertiary/aromatic N) is 8. The van der Waals surface area contributed by atoms with Gasteiger partial charge in [-0.05, 0) is 144 Å². The van der Waals surface area contributed by atoms with Crippen molar-refractivity contribution >= 4 is 97.3 Å². The molecule has 0 amide bonds. The van der Waals surface area contributed by atoms with Gasteiger partial charge in [-0.3, -0.25) is 14.2 Å². The number of hydrogen-bond acceptors (Lipinski definition) is 6. The quantitative estimate of drug-likeness (QED) is 0.127. The average molecular weight is 1050 g/mol. The topological polar surface area (TPSA) is 109 Å². The lowest BCUT2D eigenvalue weighted by atomic mass is 10.1. The Balaban J connectivity index is 0.000000185. The monoisotopic (exact) mass is 1050 g/mol. The van der Waals surface area contributed by atoms with E-state index in [1.165, 1.54) is 28.9 Å². The molecular weight excluding hydrogens is 1020 g/mol. The summed E-state index contributed by atoms with van der Waals surface area (Å²) in [5, 5.41) is 28.4. The van der Waals surface area contributed by atoms with Crippen molar-refractivity contribution in [2.24, 2.45) is 0 Å². The Morgan fingerprint density at radius 3 is 1.73 bits per heavy atom. The summed E-state index contributed by atoms with van der Waals surface area (Å²) in [6, 6.07) is 12.3. The first-order chi connectivity index (χ1) is 23.3. The van der Waals surface area contributed by atoms with Crippen molar-refractivity contribution in [2.75, 3.05) is 0 Å². The van der Waals surface area contributed by atoms with Crippen LogP contribution in [0.5, 0.6) is 0 Å². The number of carbonyl (C=O) groups is 1. The van der Waals surface area contributed by atoms with Gasteiger partial charge in [-0.25, -0.2) is 18.1 Å². The minimum atomic E-state index is -0.986. The van der Waals surface area contributed by atoms with E-state index in [4.69, 9.17) is 23.2 Å². The Hall–Kier alpha value is -2.46. The number of hydrogen-bond donors (Lipinski definition) is 1. The van der Waals surface area contributed by atoms with Gasteiger partial charge in [0.1, 0.15) is 23.4 Å². The summed E-state index contributed by atoms with van der Waals surface area (Å²) >= 11 is 18.0. The predicted octanol–water partition coefficient (Wildman–Crippen LogP) is 8.77. The molecular formula is C32H29Cl2F2I3N8O2. The van der Waals surface area contributed by atoms with E-state index < -0.39 is 6.10 Å². The fraction of sp³-hybridized carbons (Fsp3) is 0.219. The van der Waals surface area contributed by atoms with Crippen molar-refractivity contribution in [3.8, 4) is 11.4 Å². The lowest BCUT2D eigenvalue weighted by Gasteiger charge is -2.14. The molecule has 17 heteroatoms. The standard InChI is InChI=1S/C16H15ClFIN4O.C11H8FIN2O.C5H6ClIN2/c1-3-22-8-11(16(17)21-22)15(24)14-6-9(2)20-23(14)13-5-4-10(18)7-12(13)19;1-7-4-9(6-16)15(14-7)11-3-2-8(12)5-10(11)13;1-2-9-3-4(7)5(6)8-9/h4-8,15,24H,3H2,1-2H3;2-6H,1H3;3H,2H2,1H3. The van der Waals surface area contributed by atoms with Gasteiger partial charge in [0.15, 0.2) is 16.6 Å². The van der Waals surface area contributed by atoms with Crippen LogP contribution in [0.4, 0.5) is 8.78 Å². The molecule has 0 spiro atoms. The van der Waals surface area contributed by atoms with Crippen molar-refractivity contribution in [2.45, 2.75) is 46.9 Å². The maximum absolute atomic E-state index is 13.4. The molecule has 0 bridgehead atoms. The molecule has 0 saturated carbocycles. The van der Waals surface area contributed by atoms with Gasteiger partial charge < -0.3 is 5.11 Å². The van der Waals surface area contributed by atoms with Crippen LogP contribution < -0.4 is 0 Å². The van der Waals surface area contributed by atoms with Crippen LogP contribution in [0.2, 0.25) is 10.3 Å². The molecule has 0 saturated heterocycles. The van der Waals surface area contributed by atoms with Gasteiger partial charge in [0.2, 0.25) is 0 Å². The molecule has 1 N–H and O–H groups in total. The Morgan fingerprint density at radius 1 is 0.755 bits per heavy atom. The molecule has 0 fully saturated rings. The smallest absolute Gasteiger partial charge is 0.168 e. The fourth-order valence-corrected chi connectivity index (χ4v) is 6.70. The van der Waals surface area contributed by atoms with Crippen LogP contribution in [-0.4, -0.2) is 50.5 Å². The highest BCUT2D eigenvalue weighted by atomic mass is 127. The molecule has 1 atom stereocenters. The van der Waals surface area contributed by atoms with Crippen LogP contribution in [0.15, 0.2) is 60.9 Å². The Labute approximate surface area is 332 Å². The molecule has 0 aliphatic rings. The maximum Gasteiger partial charge on any atom is 0.168 e. The Kier molecular flexibility index (Phi) is 14.2. The third-order valence-electron chi connectivity index (χ3n) is 6.76. The van der Waals surface area contributed by atoms with E-state index in [9.17, 15) is 18.7 Å². The number of aldehydes is 1. The lowest BCUT2D eigenvalue weighted by Crippen LogP contribution is -2.10. The molecule has 6 rings (SSSR count). The van der Waals surface area contributed by atoms with Gasteiger partial charge in [-0.1, -0.05) is 23.2 Å². The highest BCUT2D eigenvalue weighted by molar-refractivity contribution is 14.1. The van der Waals surface area contributed by atoms with Crippen LogP contribution in [0.3, 0.4) is 0 Å². The molecule has 6 aromatic rings. The number of aliphatic hydroxyl groups is 1. The first-order valence-corrected chi connectivity index (χ1v) is 18.5. The van der Waals surface area contributed by atoms with Crippen molar-refractivity contribution in [3.05, 3.63) is 122 Å². The zero-order valence-corrected chi connectivity index (χ0v) is 34.4. The number of carbonyl (C=O) groups excluding carboxylic acids is 1. The number of aryl methyl sites for hydroxylation is 4. The van der Waals surface area contributed by atoms with Crippen LogP contribution in [0.25, 0.3) is 11.4 Å². The van der Waals surface area contributed by atoms with E-state index in [0.717, 1.165) is 27.8 Å². The molecule has 0 radical (unpaired) electrons. The fourth-order valence-electron chi connectivity index (χ4n) is 4.46. The van der Waals surface area contributed by atoms with E-state index in [1.54, 1.807) is 46.7 Å². The Morgan fingerprint density at radius 2 is 1.27 bits per heavy atom. The maximum atomic E-state index is 13.4. The van der Waals surface area contributed by atoms with Crippen LogP contribution in [0.1, 0.15) is 53.1 Å². The second-order valence-corrected chi connectivity index (χ2v) is 14.5. The minimum Gasteiger partial charge on any atom is -0.382 e. The third kappa shape index (κ3) is 9.87. The molecule has 0 aliphatic carbocycles. The van der Waals surface area contributed by atoms with Crippen LogP contribution >= 0.6 is 91.0 Å². The van der Waals surface area contributed by atoms with Gasteiger partial charge in [0.25, 0.3) is 0 Å². The molecule has 4 heterocycles. The van der Waals surface area contributed by atoms with Crippen molar-refractivity contribution < 1.29 is 18.7 Å². The molecule has 0 aliphatic heterocycles. The molecule has 2 aromatic carbocycles. The normalized spacial score (nSPS) is 11.4. The number of benzene rings is 2. The Bertz CT molecular complexity index is 2060. The predicted molar refractivity (Wildman–Crippen MR) is 210 cm³/mol. The van der Waals surface area contributed by atoms with Gasteiger partial charge in [-0.2, -0.15) is 20.4 Å². The molecule has 4 aromatic heterocycles. The summed E-state index contributed by atoms with van der Waals surface area (Å²) in [4.78, 5) is 10.9. The second kappa shape index (κ2) is 17.7. The van der Waals surface area contributed by atoms with Gasteiger partial charge in [0.05, 0.1) is 32.0 Å². The minimum absolute atomic E-state index is 0.253. The first-order valence-electron chi connectivity index (χ1n) is 14.5. The summed E-state index contributed by atoms with van der Waals surface area (Å²) in [6.07, 6.45) is 3.39. The molecule has 258 valence electrons. The van der Waals surface area contributed by atoms with Gasteiger partial charge >= 0.3 is 0 Å². The summed E-state index contributed by atoms with van der Waals surface area (Å²) < 4.78 is 35.3. The molecule has 10 nitrogen and oxygen atoms in total. The highest BCUT2D eigenvalue weighted by Gasteiger charge is 2.23. The van der Waals surface area contributed by atoms with E-state index in [-0.39, 0.29) is 16.8 Å². The zero-order valence-electron chi connectivity index (χ0n) is 26.4. The zero-order chi connectivity index (χ0) is 36.0. The average Bonchev–Trinajstić information content (AvgIpc) is 3.82. The largest absolute Gasteiger partial charge is 0.382 e. The molecule has 1 unspecified atom stereocenters. The van der Waals surface area contributed by atoms with E-state index in [2.05, 4.69) is 43.0 Å². The second-order valence-electron chi connectivity index (χ2n) is 10.3. The highest BCUT2D eigenvalue weighted by Crippen LogP contribution is 2.31. The number of aliphatic hydroxyl groups excluding tert-OH is 1. The molecule has 49 heavy (non-hydrogen) atoms. The SMILES string of the molecule is CCn1cc(C(O)c2cc(C)nn2-c2ccc(F)cc2I)c(Cl)n1.CCn1cc(I)c(Cl)n1.Cc1cc(C=O)n(-c2ccc(F)cc2I)n1. The van der Waals surface area contributed by atoms with Crippen molar-refractivity contribution in [1.82, 2.24) is 39.1 Å². The van der Waals surface area contributed by atoms with Crippen molar-refractivity contribution in [1.29, 1.82) is 0 Å². The third-order valence-corrected chi connectivity index (χ3v) is 10.2. The summed E-state index contributed by atoms with van der Waals surface area (Å²) in [7, 11) is 0. The first kappa shape index (κ1) is 39.3. The van der Waals surface area contributed by atoms with E-state index in [0.29, 0.717) is 47.2 Å². The number of halogens is 7. The van der Waals surface area contributed by atoms with E-state index in [1.807, 2.05) is 76.8 Å². The van der Waals surface area contributed by atoms with Gasteiger partial charge in [-0.15, -0.1) is 0 Å². The van der Waals surface area contributed by atoms with Gasteiger partial charge in [0, 0.05) is 38.2 Å². The number of aromatic nitrogens is 8. The summed E-state index contributed by atoms with van der Waals surface area (Å²) in [5.74, 6) is -0.619. The van der Waals surface area contributed by atoms with Crippen LogP contribution in [-0.2, 0) is 13.1 Å². The van der Waals surface area contributed by atoms with Crippen LogP contribution in [0, 0.1) is 36.2 Å².